The molecule has 1 atom stereocenters. The highest BCUT2D eigenvalue weighted by Crippen LogP contribution is 2.07. The molecule has 17 heavy (non-hydrogen) atoms. The van der Waals surface area contributed by atoms with Gasteiger partial charge in [-0.2, -0.15) is 0 Å². The van der Waals surface area contributed by atoms with Gasteiger partial charge < -0.3 is 9.47 Å². The number of carbonyl (C=O) groups is 1. The summed E-state index contributed by atoms with van der Waals surface area (Å²) in [6.07, 6.45) is 7.73. The highest BCUT2D eigenvalue weighted by molar-refractivity contribution is 5.74. The Morgan fingerprint density at radius 3 is 2.24 bits per heavy atom. The van der Waals surface area contributed by atoms with E-state index in [4.69, 9.17) is 9.47 Å². The van der Waals surface area contributed by atoms with Crippen molar-refractivity contribution in [1.82, 2.24) is 0 Å². The lowest BCUT2D eigenvalue weighted by molar-refractivity contribution is -0.157. The average molecular weight is 244 g/mol. The number of rotatable bonds is 11. The summed E-state index contributed by atoms with van der Waals surface area (Å²) in [5.41, 5.74) is 0. The van der Waals surface area contributed by atoms with E-state index in [1.54, 1.807) is 0 Å². The third-order valence-corrected chi connectivity index (χ3v) is 2.74. The van der Waals surface area contributed by atoms with Crippen molar-refractivity contribution < 1.29 is 14.3 Å². The van der Waals surface area contributed by atoms with E-state index >= 15 is 0 Å². The first-order valence-corrected chi connectivity index (χ1v) is 7.04. The Labute approximate surface area is 106 Å². The predicted molar refractivity (Wildman–Crippen MR) is 70.0 cm³/mol. The summed E-state index contributed by atoms with van der Waals surface area (Å²) in [5.74, 6) is -0.221. The van der Waals surface area contributed by atoms with E-state index in [0.717, 1.165) is 6.42 Å². The van der Waals surface area contributed by atoms with Crippen molar-refractivity contribution in [3.05, 3.63) is 0 Å². The molecule has 3 nitrogen and oxygen atoms in total. The Hall–Kier alpha value is -0.570. The first-order valence-electron chi connectivity index (χ1n) is 7.04. The van der Waals surface area contributed by atoms with E-state index in [0.29, 0.717) is 19.6 Å². The van der Waals surface area contributed by atoms with Gasteiger partial charge in [0.05, 0.1) is 6.61 Å². The Morgan fingerprint density at radius 2 is 1.65 bits per heavy atom. The van der Waals surface area contributed by atoms with Crippen LogP contribution >= 0.6 is 0 Å². The summed E-state index contributed by atoms with van der Waals surface area (Å²) in [4.78, 5) is 11.4. The number of carbonyl (C=O) groups excluding carboxylic acids is 1. The quantitative estimate of drug-likeness (QED) is 0.410. The molecule has 0 saturated carbocycles. The molecule has 0 radical (unpaired) electrons. The van der Waals surface area contributed by atoms with Crippen LogP contribution in [0.25, 0.3) is 0 Å². The van der Waals surface area contributed by atoms with Gasteiger partial charge in [0.15, 0.2) is 6.10 Å². The minimum atomic E-state index is -0.370. The summed E-state index contributed by atoms with van der Waals surface area (Å²) in [7, 11) is 0. The van der Waals surface area contributed by atoms with Crippen LogP contribution in [0.1, 0.15) is 65.7 Å². The number of hydrogen-bond donors (Lipinski definition) is 0. The second-order valence-corrected chi connectivity index (χ2v) is 4.29. The van der Waals surface area contributed by atoms with Gasteiger partial charge in [0, 0.05) is 6.61 Å². The van der Waals surface area contributed by atoms with E-state index in [2.05, 4.69) is 6.92 Å². The van der Waals surface area contributed by atoms with Crippen LogP contribution < -0.4 is 0 Å². The highest BCUT2D eigenvalue weighted by Gasteiger charge is 2.17. The maximum Gasteiger partial charge on any atom is 0.335 e. The lowest BCUT2D eigenvalue weighted by Gasteiger charge is -2.14. The van der Waals surface area contributed by atoms with Gasteiger partial charge in [0.2, 0.25) is 0 Å². The Balaban J connectivity index is 3.46. The Kier molecular flexibility index (Phi) is 11.5. The molecule has 0 rings (SSSR count). The minimum absolute atomic E-state index is 0.221. The number of hydrogen-bond acceptors (Lipinski definition) is 3. The van der Waals surface area contributed by atoms with Gasteiger partial charge in [-0.05, 0) is 19.8 Å². The minimum Gasteiger partial charge on any atom is -0.464 e. The zero-order valence-corrected chi connectivity index (χ0v) is 11.7. The molecular weight excluding hydrogens is 216 g/mol. The largest absolute Gasteiger partial charge is 0.464 e. The lowest BCUT2D eigenvalue weighted by Crippen LogP contribution is -2.26. The van der Waals surface area contributed by atoms with Crippen molar-refractivity contribution in [3.8, 4) is 0 Å². The van der Waals surface area contributed by atoms with E-state index in [1.807, 2.05) is 13.8 Å². The van der Waals surface area contributed by atoms with Gasteiger partial charge in [-0.1, -0.05) is 46.0 Å². The van der Waals surface area contributed by atoms with Crippen molar-refractivity contribution in [1.29, 1.82) is 0 Å². The molecule has 0 saturated heterocycles. The van der Waals surface area contributed by atoms with Gasteiger partial charge in [-0.3, -0.25) is 0 Å². The second kappa shape index (κ2) is 11.9. The molecule has 102 valence electrons. The molecule has 0 aliphatic heterocycles. The smallest absolute Gasteiger partial charge is 0.335 e. The van der Waals surface area contributed by atoms with Crippen molar-refractivity contribution in [2.45, 2.75) is 71.8 Å². The second-order valence-electron chi connectivity index (χ2n) is 4.29. The Bertz CT molecular complexity index is 180. The van der Waals surface area contributed by atoms with Crippen LogP contribution in [-0.4, -0.2) is 25.3 Å². The molecule has 0 spiro atoms. The van der Waals surface area contributed by atoms with E-state index in [9.17, 15) is 4.79 Å². The molecule has 0 aromatic carbocycles. The molecule has 0 fully saturated rings. The molecule has 3 heteroatoms. The van der Waals surface area contributed by atoms with Crippen molar-refractivity contribution in [2.24, 2.45) is 0 Å². The molecule has 0 aliphatic rings. The maximum absolute atomic E-state index is 11.4. The van der Waals surface area contributed by atoms with Crippen molar-refractivity contribution in [3.63, 3.8) is 0 Å². The molecule has 0 heterocycles. The van der Waals surface area contributed by atoms with E-state index in [1.165, 1.54) is 32.1 Å². The molecule has 0 amide bonds. The number of ether oxygens (including phenoxy) is 2. The fourth-order valence-corrected chi connectivity index (χ4v) is 1.70. The SMILES string of the molecule is CCCCCCCCOC(CC)C(=O)OCC. The van der Waals surface area contributed by atoms with Crippen LogP contribution in [0.15, 0.2) is 0 Å². The maximum atomic E-state index is 11.4. The van der Waals surface area contributed by atoms with Gasteiger partial charge in [-0.25, -0.2) is 4.79 Å². The van der Waals surface area contributed by atoms with E-state index < -0.39 is 0 Å². The normalized spacial score (nSPS) is 12.4. The summed E-state index contributed by atoms with van der Waals surface area (Å²) < 4.78 is 10.5. The van der Waals surface area contributed by atoms with Crippen molar-refractivity contribution in [2.75, 3.05) is 13.2 Å². The fourth-order valence-electron chi connectivity index (χ4n) is 1.70. The topological polar surface area (TPSA) is 35.5 Å². The van der Waals surface area contributed by atoms with Crippen molar-refractivity contribution >= 4 is 5.97 Å². The van der Waals surface area contributed by atoms with Crippen LogP contribution in [0.3, 0.4) is 0 Å². The summed E-state index contributed by atoms with van der Waals surface area (Å²) in [5, 5.41) is 0. The van der Waals surface area contributed by atoms with Crippen LogP contribution in [0.5, 0.6) is 0 Å². The van der Waals surface area contributed by atoms with Gasteiger partial charge >= 0.3 is 5.97 Å². The highest BCUT2D eigenvalue weighted by atomic mass is 16.6. The lowest BCUT2D eigenvalue weighted by atomic mass is 10.1. The molecule has 0 aliphatic carbocycles. The van der Waals surface area contributed by atoms with Crippen LogP contribution in [0.2, 0.25) is 0 Å². The van der Waals surface area contributed by atoms with Crippen LogP contribution in [0.4, 0.5) is 0 Å². The zero-order chi connectivity index (χ0) is 12.9. The summed E-state index contributed by atoms with van der Waals surface area (Å²) in [6.45, 7) is 7.08. The third-order valence-electron chi connectivity index (χ3n) is 2.74. The van der Waals surface area contributed by atoms with Crippen LogP contribution in [-0.2, 0) is 14.3 Å². The molecular formula is C14H28O3. The molecule has 0 aromatic heterocycles. The third kappa shape index (κ3) is 9.16. The summed E-state index contributed by atoms with van der Waals surface area (Å²) >= 11 is 0. The standard InChI is InChI=1S/C14H28O3/c1-4-7-8-9-10-11-12-17-13(5-2)14(15)16-6-3/h13H,4-12H2,1-3H3. The predicted octanol–water partition coefficient (Wildman–Crippen LogP) is 3.71. The van der Waals surface area contributed by atoms with Gasteiger partial charge in [0.1, 0.15) is 0 Å². The molecule has 0 N–H and O–H groups in total. The monoisotopic (exact) mass is 244 g/mol. The van der Waals surface area contributed by atoms with Gasteiger partial charge in [-0.15, -0.1) is 0 Å². The first-order chi connectivity index (χ1) is 8.26. The number of unbranched alkanes of at least 4 members (excludes halogenated alkanes) is 5. The van der Waals surface area contributed by atoms with Gasteiger partial charge in [0.25, 0.3) is 0 Å². The summed E-state index contributed by atoms with van der Waals surface area (Å²) in [6, 6.07) is 0. The average Bonchev–Trinajstić information content (AvgIpc) is 2.33. The fraction of sp³-hybridized carbons (Fsp3) is 0.929. The molecule has 0 bridgehead atoms. The molecule has 0 aromatic rings. The first kappa shape index (κ1) is 16.4. The Morgan fingerprint density at radius 1 is 1.00 bits per heavy atom. The molecule has 1 unspecified atom stereocenters. The van der Waals surface area contributed by atoms with Crippen LogP contribution in [0, 0.1) is 0 Å². The number of esters is 1. The van der Waals surface area contributed by atoms with E-state index in [-0.39, 0.29) is 12.1 Å². The zero-order valence-electron chi connectivity index (χ0n) is 11.7.